The maximum atomic E-state index is 12.7. The molecule has 0 heterocycles. The van der Waals surface area contributed by atoms with Crippen LogP contribution < -0.4 is 5.32 Å². The normalized spacial score (nSPS) is 13.4. The molecule has 0 saturated heterocycles. The number of hydroxylamine groups is 2. The van der Waals surface area contributed by atoms with Gasteiger partial charge >= 0.3 is 11.9 Å². The molecule has 10 heteroatoms. The van der Waals surface area contributed by atoms with Gasteiger partial charge in [0.05, 0.1) is 25.7 Å². The molecule has 2 unspecified atom stereocenters. The number of carbonyl (C=O) groups excluding carboxylic acids is 5. The molecule has 40 heavy (non-hydrogen) atoms. The van der Waals surface area contributed by atoms with Gasteiger partial charge in [-0.25, -0.2) is 4.79 Å². The minimum atomic E-state index is -0.771. The van der Waals surface area contributed by atoms with Gasteiger partial charge in [0.1, 0.15) is 12.0 Å². The number of aldehydes is 1. The van der Waals surface area contributed by atoms with Gasteiger partial charge in [-0.3, -0.25) is 14.4 Å². The fraction of sp³-hybridized carbons (Fsp3) is 0.767. The molecule has 2 amide bonds. The third-order valence-corrected chi connectivity index (χ3v) is 7.60. The highest BCUT2D eigenvalue weighted by atomic mass is 16.7. The topological polar surface area (TPSA) is 128 Å². The summed E-state index contributed by atoms with van der Waals surface area (Å²) in [4.78, 5) is 64.4. The maximum Gasteiger partial charge on any atom is 0.333 e. The van der Waals surface area contributed by atoms with Crippen molar-refractivity contribution in [2.45, 2.75) is 107 Å². The Morgan fingerprint density at radius 3 is 2.02 bits per heavy atom. The van der Waals surface area contributed by atoms with Gasteiger partial charge in [0.15, 0.2) is 0 Å². The van der Waals surface area contributed by atoms with E-state index in [2.05, 4.69) is 60.4 Å². The lowest BCUT2D eigenvalue weighted by atomic mass is 9.70. The molecule has 0 fully saturated rings. The number of amides is 2. The van der Waals surface area contributed by atoms with Crippen LogP contribution in [0.25, 0.3) is 0 Å². The number of ether oxygens (including phenoxy) is 2. The third kappa shape index (κ3) is 14.5. The summed E-state index contributed by atoms with van der Waals surface area (Å²) in [5.74, 6) is -1.64. The summed E-state index contributed by atoms with van der Waals surface area (Å²) in [5.41, 5.74) is -0.285. The molecule has 0 aromatic carbocycles. The lowest BCUT2D eigenvalue weighted by molar-refractivity contribution is -0.192. The molecule has 0 saturated carbocycles. The highest BCUT2D eigenvalue weighted by Gasteiger charge is 2.34. The summed E-state index contributed by atoms with van der Waals surface area (Å²) in [5, 5.41) is 3.55. The van der Waals surface area contributed by atoms with E-state index in [4.69, 9.17) is 14.3 Å². The van der Waals surface area contributed by atoms with Crippen LogP contribution in [0.5, 0.6) is 0 Å². The molecule has 10 nitrogen and oxygen atoms in total. The Labute approximate surface area is 240 Å². The van der Waals surface area contributed by atoms with E-state index in [0.29, 0.717) is 18.7 Å². The molecular formula is C30H52N2O8. The summed E-state index contributed by atoms with van der Waals surface area (Å²) < 4.78 is 11.4. The maximum absolute atomic E-state index is 12.7. The van der Waals surface area contributed by atoms with E-state index in [1.807, 2.05) is 13.8 Å². The Morgan fingerprint density at radius 2 is 1.50 bits per heavy atom. The standard InChI is InChI=1S/C30H52N2O8/c1-21(28(3,4)5)19-38-22(2)23(14-16-26(36)39-20-30(9,10)29(6,7)8)31-24(34)15-17-27(37)40-32(11)25(35)13-12-18-33/h18,21,23H,2,12-17,19-20H2,1,3-11H3,(H,31,34). The number of hydrogen-bond acceptors (Lipinski definition) is 8. The van der Waals surface area contributed by atoms with Crippen LogP contribution >= 0.6 is 0 Å². The summed E-state index contributed by atoms with van der Waals surface area (Å²) in [6, 6.07) is -0.675. The first kappa shape index (κ1) is 37.1. The fourth-order valence-electron chi connectivity index (χ4n) is 2.78. The second-order valence-electron chi connectivity index (χ2n) is 13.1. The van der Waals surface area contributed by atoms with Crippen molar-refractivity contribution in [3.05, 3.63) is 12.3 Å². The van der Waals surface area contributed by atoms with E-state index in [0.717, 1.165) is 5.06 Å². The smallest absolute Gasteiger partial charge is 0.333 e. The number of hydrogen-bond donors (Lipinski definition) is 1. The zero-order chi connectivity index (χ0) is 31.3. The number of rotatable bonds is 16. The summed E-state index contributed by atoms with van der Waals surface area (Å²) in [6.45, 7) is 23.3. The van der Waals surface area contributed by atoms with Crippen LogP contribution in [0.1, 0.15) is 101 Å². The van der Waals surface area contributed by atoms with Crippen molar-refractivity contribution in [1.29, 1.82) is 0 Å². The van der Waals surface area contributed by atoms with Crippen molar-refractivity contribution in [1.82, 2.24) is 10.4 Å². The minimum Gasteiger partial charge on any atom is -0.496 e. The van der Waals surface area contributed by atoms with Crippen LogP contribution in [-0.4, -0.2) is 61.4 Å². The molecule has 2 atom stereocenters. The van der Waals surface area contributed by atoms with Gasteiger partial charge in [-0.05, 0) is 23.2 Å². The molecule has 0 aromatic rings. The van der Waals surface area contributed by atoms with E-state index < -0.39 is 29.8 Å². The highest BCUT2D eigenvalue weighted by Crippen LogP contribution is 2.38. The summed E-state index contributed by atoms with van der Waals surface area (Å²) in [6.07, 6.45) is 0.306. The van der Waals surface area contributed by atoms with Crippen LogP contribution in [-0.2, 0) is 38.3 Å². The van der Waals surface area contributed by atoms with E-state index in [1.54, 1.807) is 0 Å². The van der Waals surface area contributed by atoms with E-state index >= 15 is 0 Å². The van der Waals surface area contributed by atoms with Crippen molar-refractivity contribution in [2.75, 3.05) is 20.3 Å². The molecule has 0 spiro atoms. The lowest BCUT2D eigenvalue weighted by Gasteiger charge is -2.38. The Morgan fingerprint density at radius 1 is 0.900 bits per heavy atom. The average Bonchev–Trinajstić information content (AvgIpc) is 2.84. The van der Waals surface area contributed by atoms with E-state index in [1.165, 1.54) is 7.05 Å². The number of carbonyl (C=O) groups is 5. The number of nitrogens with zero attached hydrogens (tertiary/aromatic N) is 1. The van der Waals surface area contributed by atoms with Crippen LogP contribution in [0.4, 0.5) is 0 Å². The fourth-order valence-corrected chi connectivity index (χ4v) is 2.78. The predicted molar refractivity (Wildman–Crippen MR) is 152 cm³/mol. The Hall–Kier alpha value is -2.91. The van der Waals surface area contributed by atoms with Crippen molar-refractivity contribution in [2.24, 2.45) is 22.2 Å². The monoisotopic (exact) mass is 568 g/mol. The molecule has 0 radical (unpaired) electrons. The second kappa shape index (κ2) is 16.4. The lowest BCUT2D eigenvalue weighted by Crippen LogP contribution is -2.38. The molecule has 0 aliphatic carbocycles. The number of nitrogens with one attached hydrogen (secondary N) is 1. The average molecular weight is 569 g/mol. The quantitative estimate of drug-likeness (QED) is 0.122. The van der Waals surface area contributed by atoms with Gasteiger partial charge in [-0.15, -0.1) is 0 Å². The summed E-state index contributed by atoms with van der Waals surface area (Å²) in [7, 11) is 1.27. The van der Waals surface area contributed by atoms with E-state index in [9.17, 15) is 24.0 Å². The second-order valence-corrected chi connectivity index (χ2v) is 13.1. The van der Waals surface area contributed by atoms with Crippen LogP contribution in [0.2, 0.25) is 0 Å². The first-order chi connectivity index (χ1) is 18.2. The van der Waals surface area contributed by atoms with Gasteiger partial charge < -0.3 is 24.4 Å². The molecule has 0 bridgehead atoms. The Balaban J connectivity index is 5.13. The Kier molecular flexibility index (Phi) is 15.2. The van der Waals surface area contributed by atoms with Crippen LogP contribution in [0.15, 0.2) is 12.3 Å². The van der Waals surface area contributed by atoms with Crippen LogP contribution in [0, 0.1) is 22.2 Å². The van der Waals surface area contributed by atoms with Gasteiger partial charge in [0.25, 0.3) is 5.91 Å². The molecule has 1 N–H and O–H groups in total. The van der Waals surface area contributed by atoms with E-state index in [-0.39, 0.29) is 67.3 Å². The molecule has 0 aliphatic heterocycles. The molecule has 230 valence electrons. The van der Waals surface area contributed by atoms with Crippen LogP contribution in [0.3, 0.4) is 0 Å². The summed E-state index contributed by atoms with van der Waals surface area (Å²) >= 11 is 0. The molecular weight excluding hydrogens is 516 g/mol. The van der Waals surface area contributed by atoms with Crippen molar-refractivity contribution < 1.29 is 38.3 Å². The first-order valence-electron chi connectivity index (χ1n) is 13.9. The van der Waals surface area contributed by atoms with Gasteiger partial charge in [-0.1, -0.05) is 68.9 Å². The zero-order valence-electron chi connectivity index (χ0n) is 26.3. The van der Waals surface area contributed by atoms with Gasteiger partial charge in [-0.2, -0.15) is 5.06 Å². The predicted octanol–water partition coefficient (Wildman–Crippen LogP) is 4.76. The zero-order valence-corrected chi connectivity index (χ0v) is 26.3. The number of esters is 1. The van der Waals surface area contributed by atoms with Gasteiger partial charge in [0, 0.05) is 38.1 Å². The molecule has 0 aliphatic rings. The highest BCUT2D eigenvalue weighted by molar-refractivity contribution is 5.83. The SMILES string of the molecule is C=C(OCC(C)C(C)(C)C)C(CCC(=O)OCC(C)(C)C(C)(C)C)NC(=O)CCC(=O)ON(C)C(=O)CCC=O. The van der Waals surface area contributed by atoms with Crippen molar-refractivity contribution in [3.63, 3.8) is 0 Å². The largest absolute Gasteiger partial charge is 0.496 e. The minimum absolute atomic E-state index is 0.00479. The first-order valence-corrected chi connectivity index (χ1v) is 13.9. The Bertz CT molecular complexity index is 883. The molecule has 0 aromatic heterocycles. The third-order valence-electron chi connectivity index (χ3n) is 7.60. The van der Waals surface area contributed by atoms with Crippen molar-refractivity contribution in [3.8, 4) is 0 Å². The molecule has 0 rings (SSSR count). The van der Waals surface area contributed by atoms with Gasteiger partial charge in [0.2, 0.25) is 5.91 Å². The van der Waals surface area contributed by atoms with Crippen molar-refractivity contribution >= 4 is 30.0 Å².